The molecule has 14 heavy (non-hydrogen) atoms. The lowest BCUT2D eigenvalue weighted by molar-refractivity contribution is 0.134. The fraction of sp³-hybridized carbons (Fsp3) is 0.667. The Balaban J connectivity index is 1.99. The molecule has 0 bridgehead atoms. The van der Waals surface area contributed by atoms with Crippen molar-refractivity contribution < 1.29 is 4.74 Å². The summed E-state index contributed by atoms with van der Waals surface area (Å²) in [7, 11) is 0. The van der Waals surface area contributed by atoms with Crippen molar-refractivity contribution in [2.45, 2.75) is 19.8 Å². The summed E-state index contributed by atoms with van der Waals surface area (Å²) in [5.41, 5.74) is 5.54. The molecule has 0 aliphatic carbocycles. The molecule has 0 atom stereocenters. The van der Waals surface area contributed by atoms with Crippen molar-refractivity contribution in [3.63, 3.8) is 0 Å². The monoisotopic (exact) mass is 215 g/mol. The topological polar surface area (TPSA) is 60.2 Å². The van der Waals surface area contributed by atoms with Gasteiger partial charge in [0.25, 0.3) is 0 Å². The van der Waals surface area contributed by atoms with Crippen molar-refractivity contribution >= 4 is 21.5 Å². The molecule has 0 aromatic carbocycles. The van der Waals surface area contributed by atoms with Gasteiger partial charge in [-0.3, -0.25) is 0 Å². The molecule has 0 spiro atoms. The van der Waals surface area contributed by atoms with Gasteiger partial charge in [0.05, 0.1) is 6.20 Å². The first-order valence-corrected chi connectivity index (χ1v) is 5.67. The van der Waals surface area contributed by atoms with Crippen molar-refractivity contribution in [1.82, 2.24) is 4.98 Å². The van der Waals surface area contributed by atoms with Crippen LogP contribution in [0.1, 0.15) is 19.8 Å². The van der Waals surface area contributed by atoms with Gasteiger partial charge in [-0.05, 0) is 12.8 Å². The Morgan fingerprint density at radius 1 is 1.57 bits per heavy atom. The zero-order valence-electron chi connectivity index (χ0n) is 8.45. The maximum atomic E-state index is 5.54. The minimum absolute atomic E-state index is 0.745. The number of hydrogen-bond donors (Lipinski definition) is 2. The summed E-state index contributed by atoms with van der Waals surface area (Å²) in [6, 6.07) is 0. The van der Waals surface area contributed by atoms with Gasteiger partial charge in [0.1, 0.15) is 5.00 Å². The number of nitrogens with one attached hydrogen (secondary N) is 1. The van der Waals surface area contributed by atoms with Gasteiger partial charge >= 0.3 is 0 Å². The van der Waals surface area contributed by atoms with Gasteiger partial charge in [0, 0.05) is 19.8 Å². The molecule has 1 rings (SSSR count). The zero-order valence-corrected chi connectivity index (χ0v) is 9.27. The third-order valence-corrected chi connectivity index (χ3v) is 2.40. The fourth-order valence-corrected chi connectivity index (χ4v) is 1.59. The van der Waals surface area contributed by atoms with Crippen molar-refractivity contribution in [2.75, 3.05) is 30.8 Å². The predicted molar refractivity (Wildman–Crippen MR) is 60.7 cm³/mol. The first-order valence-electron chi connectivity index (χ1n) is 4.86. The molecular weight excluding hydrogens is 198 g/mol. The second kappa shape index (κ2) is 6.62. The maximum Gasteiger partial charge on any atom is 0.184 e. The number of thiazole rings is 1. The normalized spacial score (nSPS) is 10.4. The van der Waals surface area contributed by atoms with Crippen LogP contribution in [-0.2, 0) is 4.74 Å². The summed E-state index contributed by atoms with van der Waals surface area (Å²) in [6.07, 6.45) is 3.75. The summed E-state index contributed by atoms with van der Waals surface area (Å²) in [6.45, 7) is 4.65. The highest BCUT2D eigenvalue weighted by Gasteiger charge is 1.96. The molecule has 0 unspecified atom stereocenters. The van der Waals surface area contributed by atoms with Crippen molar-refractivity contribution in [3.8, 4) is 0 Å². The zero-order chi connectivity index (χ0) is 10.2. The van der Waals surface area contributed by atoms with Gasteiger partial charge in [-0.1, -0.05) is 18.3 Å². The van der Waals surface area contributed by atoms with Gasteiger partial charge in [-0.15, -0.1) is 0 Å². The van der Waals surface area contributed by atoms with E-state index in [1.807, 2.05) is 0 Å². The molecule has 0 fully saturated rings. The lowest BCUT2D eigenvalue weighted by atomic mass is 10.4. The Labute approximate surface area is 88.5 Å². The highest BCUT2D eigenvalue weighted by molar-refractivity contribution is 7.19. The minimum Gasteiger partial charge on any atom is -0.389 e. The van der Waals surface area contributed by atoms with Crippen molar-refractivity contribution in [3.05, 3.63) is 6.20 Å². The second-order valence-electron chi connectivity index (χ2n) is 2.96. The Kier molecular flexibility index (Phi) is 5.32. The minimum atomic E-state index is 0.745. The van der Waals surface area contributed by atoms with Gasteiger partial charge in [0.2, 0.25) is 0 Å². The Hall–Kier alpha value is -0.810. The average molecular weight is 215 g/mol. The molecule has 4 nitrogen and oxygen atoms in total. The van der Waals surface area contributed by atoms with E-state index in [0.29, 0.717) is 0 Å². The van der Waals surface area contributed by atoms with Crippen LogP contribution in [-0.4, -0.2) is 24.7 Å². The molecule has 0 saturated heterocycles. The van der Waals surface area contributed by atoms with Crippen LogP contribution in [0.15, 0.2) is 6.20 Å². The molecular formula is C9H17N3OS. The summed E-state index contributed by atoms with van der Waals surface area (Å²) in [4.78, 5) is 4.09. The first kappa shape index (κ1) is 11.3. The maximum absolute atomic E-state index is 5.54. The number of rotatable bonds is 7. The van der Waals surface area contributed by atoms with Crippen LogP contribution in [0, 0.1) is 0 Å². The van der Waals surface area contributed by atoms with Crippen LogP contribution < -0.4 is 11.1 Å². The number of nitrogens with zero attached hydrogens (tertiary/aromatic N) is 1. The predicted octanol–water partition coefficient (Wildman–Crippen LogP) is 1.95. The molecule has 0 radical (unpaired) electrons. The smallest absolute Gasteiger partial charge is 0.184 e. The Morgan fingerprint density at radius 3 is 3.07 bits per heavy atom. The van der Waals surface area contributed by atoms with Crippen molar-refractivity contribution in [1.29, 1.82) is 0 Å². The van der Waals surface area contributed by atoms with Crippen LogP contribution in [0.25, 0.3) is 0 Å². The van der Waals surface area contributed by atoms with Gasteiger partial charge < -0.3 is 15.8 Å². The molecule has 80 valence electrons. The number of hydrogen-bond acceptors (Lipinski definition) is 5. The van der Waals surface area contributed by atoms with E-state index in [1.54, 1.807) is 6.20 Å². The molecule has 5 heteroatoms. The molecule has 3 N–H and O–H groups in total. The van der Waals surface area contributed by atoms with E-state index < -0.39 is 0 Å². The van der Waals surface area contributed by atoms with Gasteiger partial charge in [-0.25, -0.2) is 4.98 Å². The van der Waals surface area contributed by atoms with E-state index in [0.717, 1.165) is 42.7 Å². The number of nitrogens with two attached hydrogens (primary N) is 1. The van der Waals surface area contributed by atoms with Crippen LogP contribution >= 0.6 is 11.3 Å². The number of aromatic nitrogens is 1. The third kappa shape index (κ3) is 4.43. The largest absolute Gasteiger partial charge is 0.389 e. The van der Waals surface area contributed by atoms with Crippen LogP contribution in [0.5, 0.6) is 0 Å². The highest BCUT2D eigenvalue weighted by Crippen LogP contribution is 2.18. The van der Waals surface area contributed by atoms with Crippen LogP contribution in [0.3, 0.4) is 0 Å². The Bertz CT molecular complexity index is 252. The quantitative estimate of drug-likeness (QED) is 0.682. The summed E-state index contributed by atoms with van der Waals surface area (Å²) in [5, 5.41) is 4.82. The molecule has 1 heterocycles. The van der Waals surface area contributed by atoms with E-state index >= 15 is 0 Å². The van der Waals surface area contributed by atoms with Gasteiger partial charge in [0.15, 0.2) is 5.13 Å². The Morgan fingerprint density at radius 2 is 2.43 bits per heavy atom. The van der Waals surface area contributed by atoms with E-state index in [-0.39, 0.29) is 0 Å². The summed E-state index contributed by atoms with van der Waals surface area (Å²) >= 11 is 1.47. The fourth-order valence-electron chi connectivity index (χ4n) is 0.984. The number of anilines is 2. The standard InChI is InChI=1S/C9H17N3OS/c1-2-5-13-6-3-4-11-9-12-7-8(10)14-9/h7H,2-6,10H2,1H3,(H,11,12). The summed E-state index contributed by atoms with van der Waals surface area (Å²) < 4.78 is 5.34. The lowest BCUT2D eigenvalue weighted by Crippen LogP contribution is -2.05. The molecule has 0 aliphatic rings. The lowest BCUT2D eigenvalue weighted by Gasteiger charge is -2.03. The molecule has 1 aromatic heterocycles. The third-order valence-electron chi connectivity index (χ3n) is 1.61. The number of ether oxygens (including phenoxy) is 1. The van der Waals surface area contributed by atoms with E-state index in [2.05, 4.69) is 17.2 Å². The first-order chi connectivity index (χ1) is 6.83. The van der Waals surface area contributed by atoms with E-state index in [9.17, 15) is 0 Å². The van der Waals surface area contributed by atoms with Gasteiger partial charge in [-0.2, -0.15) is 0 Å². The summed E-state index contributed by atoms with van der Waals surface area (Å²) in [5.74, 6) is 0. The second-order valence-corrected chi connectivity index (χ2v) is 4.02. The van der Waals surface area contributed by atoms with Crippen LogP contribution in [0.4, 0.5) is 10.1 Å². The molecule has 1 aromatic rings. The van der Waals surface area contributed by atoms with E-state index in [1.165, 1.54) is 11.3 Å². The van der Waals surface area contributed by atoms with Crippen LogP contribution in [0.2, 0.25) is 0 Å². The highest BCUT2D eigenvalue weighted by atomic mass is 32.1. The number of nitrogen functional groups attached to an aromatic ring is 1. The van der Waals surface area contributed by atoms with E-state index in [4.69, 9.17) is 10.5 Å². The molecule has 0 aliphatic heterocycles. The molecule has 0 amide bonds. The SMILES string of the molecule is CCCOCCCNc1ncc(N)s1. The average Bonchev–Trinajstić information content (AvgIpc) is 2.58. The molecule has 0 saturated carbocycles. The van der Waals surface area contributed by atoms with Crippen molar-refractivity contribution in [2.24, 2.45) is 0 Å².